The third-order valence-corrected chi connectivity index (χ3v) is 6.33. The fourth-order valence-electron chi connectivity index (χ4n) is 3.36. The lowest BCUT2D eigenvalue weighted by molar-refractivity contribution is 0.0981. The minimum absolute atomic E-state index is 0.0796. The maximum absolute atomic E-state index is 13.0. The van der Waals surface area contributed by atoms with Crippen molar-refractivity contribution < 1.29 is 13.2 Å². The predicted octanol–water partition coefficient (Wildman–Crippen LogP) is 3.60. The molecule has 1 N–H and O–H groups in total. The Bertz CT molecular complexity index is 921. The molecule has 1 atom stereocenters. The molecule has 5 nitrogen and oxygen atoms in total. The van der Waals surface area contributed by atoms with Gasteiger partial charge in [0, 0.05) is 23.8 Å². The number of fused-ring (bicyclic) bond motifs is 1. The van der Waals surface area contributed by atoms with Gasteiger partial charge in [0.25, 0.3) is 5.91 Å². The lowest BCUT2D eigenvalue weighted by Crippen LogP contribution is -2.35. The van der Waals surface area contributed by atoms with Crippen molar-refractivity contribution in [2.75, 3.05) is 11.4 Å². The highest BCUT2D eigenvalue weighted by Crippen LogP contribution is 2.33. The van der Waals surface area contributed by atoms with Crippen molar-refractivity contribution in [2.24, 2.45) is 5.92 Å². The molecular formula is C21H26N2O3S. The van der Waals surface area contributed by atoms with Crippen LogP contribution in [-0.4, -0.2) is 26.9 Å². The zero-order valence-electron chi connectivity index (χ0n) is 16.0. The lowest BCUT2D eigenvalue weighted by Gasteiger charge is -2.23. The van der Waals surface area contributed by atoms with E-state index in [1.54, 1.807) is 17.0 Å². The Morgan fingerprint density at radius 1 is 1.15 bits per heavy atom. The zero-order valence-corrected chi connectivity index (χ0v) is 16.8. The molecule has 0 bridgehead atoms. The quantitative estimate of drug-likeness (QED) is 0.825. The van der Waals surface area contributed by atoms with Crippen LogP contribution in [0.15, 0.2) is 53.4 Å². The van der Waals surface area contributed by atoms with Gasteiger partial charge in [0.1, 0.15) is 0 Å². The summed E-state index contributed by atoms with van der Waals surface area (Å²) in [6, 6.07) is 14.2. The summed E-state index contributed by atoms with van der Waals surface area (Å²) in [6.07, 6.45) is 1.61. The molecule has 1 heterocycles. The average molecular weight is 387 g/mol. The van der Waals surface area contributed by atoms with Crippen molar-refractivity contribution >= 4 is 21.6 Å². The maximum Gasteiger partial charge on any atom is 0.258 e. The second-order valence-electron chi connectivity index (χ2n) is 7.46. The number of amides is 1. The van der Waals surface area contributed by atoms with Crippen molar-refractivity contribution in [1.29, 1.82) is 0 Å². The van der Waals surface area contributed by atoms with Crippen LogP contribution in [0.2, 0.25) is 0 Å². The highest BCUT2D eigenvalue weighted by Gasteiger charge is 2.31. The summed E-state index contributed by atoms with van der Waals surface area (Å²) >= 11 is 0. The number of anilines is 1. The van der Waals surface area contributed by atoms with Gasteiger partial charge in [-0.1, -0.05) is 32.0 Å². The van der Waals surface area contributed by atoms with Gasteiger partial charge in [-0.25, -0.2) is 13.1 Å². The minimum Gasteiger partial charge on any atom is -0.305 e. The highest BCUT2D eigenvalue weighted by molar-refractivity contribution is 7.89. The molecule has 144 valence electrons. The van der Waals surface area contributed by atoms with Crippen LogP contribution in [0, 0.1) is 5.92 Å². The summed E-state index contributed by atoms with van der Waals surface area (Å²) in [4.78, 5) is 15.0. The topological polar surface area (TPSA) is 66.5 Å². The second-order valence-corrected chi connectivity index (χ2v) is 9.23. The SMILES string of the molecule is CC(C)CCNS(=O)(=O)c1ccc(C(=O)N2c3ccccc3CC2C)cc1. The van der Waals surface area contributed by atoms with Crippen molar-refractivity contribution in [2.45, 2.75) is 44.6 Å². The molecule has 0 spiro atoms. The molecule has 27 heavy (non-hydrogen) atoms. The average Bonchev–Trinajstić information content (AvgIpc) is 2.96. The Balaban J connectivity index is 1.77. The molecule has 0 aromatic heterocycles. The highest BCUT2D eigenvalue weighted by atomic mass is 32.2. The molecule has 6 heteroatoms. The number of benzene rings is 2. The van der Waals surface area contributed by atoms with Crippen molar-refractivity contribution in [1.82, 2.24) is 4.72 Å². The van der Waals surface area contributed by atoms with Crippen molar-refractivity contribution in [3.05, 3.63) is 59.7 Å². The van der Waals surface area contributed by atoms with E-state index in [0.29, 0.717) is 18.0 Å². The maximum atomic E-state index is 13.0. The molecule has 0 radical (unpaired) electrons. The Labute approximate surface area is 161 Å². The van der Waals surface area contributed by atoms with Crippen LogP contribution in [0.4, 0.5) is 5.69 Å². The van der Waals surface area contributed by atoms with E-state index in [-0.39, 0.29) is 16.8 Å². The monoisotopic (exact) mass is 386 g/mol. The van der Waals surface area contributed by atoms with Crippen LogP contribution in [0.25, 0.3) is 0 Å². The molecule has 3 rings (SSSR count). The Hall–Kier alpha value is -2.18. The molecule has 0 saturated heterocycles. The smallest absolute Gasteiger partial charge is 0.258 e. The Morgan fingerprint density at radius 3 is 2.48 bits per heavy atom. The van der Waals surface area contributed by atoms with Crippen LogP contribution in [-0.2, 0) is 16.4 Å². The molecular weight excluding hydrogens is 360 g/mol. The molecule has 1 amide bonds. The normalized spacial score (nSPS) is 16.6. The first-order valence-corrected chi connectivity index (χ1v) is 10.8. The summed E-state index contributed by atoms with van der Waals surface area (Å²) in [6.45, 7) is 6.52. The standard InChI is InChI=1S/C21H26N2O3S/c1-15(2)12-13-22-27(25,26)19-10-8-17(9-11-19)21(24)23-16(3)14-18-6-4-5-7-20(18)23/h4-11,15-16,22H,12-14H2,1-3H3. The number of sulfonamides is 1. The third-order valence-electron chi connectivity index (χ3n) is 4.85. The minimum atomic E-state index is -3.55. The Morgan fingerprint density at radius 2 is 1.81 bits per heavy atom. The molecule has 2 aromatic rings. The largest absolute Gasteiger partial charge is 0.305 e. The van der Waals surface area contributed by atoms with Gasteiger partial charge in [-0.15, -0.1) is 0 Å². The van der Waals surface area contributed by atoms with Crippen molar-refractivity contribution in [3.63, 3.8) is 0 Å². The van der Waals surface area contributed by atoms with E-state index in [2.05, 4.69) is 4.72 Å². The van der Waals surface area contributed by atoms with Gasteiger partial charge < -0.3 is 4.90 Å². The van der Waals surface area contributed by atoms with Crippen LogP contribution in [0.3, 0.4) is 0 Å². The van der Waals surface area contributed by atoms with E-state index < -0.39 is 10.0 Å². The first-order valence-electron chi connectivity index (χ1n) is 9.31. The first-order chi connectivity index (χ1) is 12.8. The van der Waals surface area contributed by atoms with E-state index in [1.165, 1.54) is 12.1 Å². The number of carbonyl (C=O) groups excluding carboxylic acids is 1. The molecule has 0 aliphatic carbocycles. The molecule has 1 aliphatic heterocycles. The van der Waals surface area contributed by atoms with Crippen LogP contribution in [0.1, 0.15) is 43.1 Å². The summed E-state index contributed by atoms with van der Waals surface area (Å²) in [5.41, 5.74) is 2.58. The number of nitrogens with one attached hydrogen (secondary N) is 1. The van der Waals surface area contributed by atoms with Gasteiger partial charge in [0.05, 0.1) is 4.90 Å². The fraction of sp³-hybridized carbons (Fsp3) is 0.381. The number of nitrogens with zero attached hydrogens (tertiary/aromatic N) is 1. The van der Waals surface area contributed by atoms with Crippen LogP contribution >= 0.6 is 0 Å². The van der Waals surface area contributed by atoms with E-state index in [0.717, 1.165) is 24.1 Å². The summed E-state index contributed by atoms with van der Waals surface area (Å²) < 4.78 is 27.3. The summed E-state index contributed by atoms with van der Waals surface area (Å²) in [7, 11) is -3.55. The molecule has 1 aliphatic rings. The van der Waals surface area contributed by atoms with Gasteiger partial charge in [0.15, 0.2) is 0 Å². The number of hydrogen-bond acceptors (Lipinski definition) is 3. The third kappa shape index (κ3) is 4.22. The first kappa shape index (κ1) is 19.6. The van der Waals surface area contributed by atoms with Crippen LogP contribution in [0.5, 0.6) is 0 Å². The van der Waals surface area contributed by atoms with E-state index >= 15 is 0 Å². The van der Waals surface area contributed by atoms with Crippen LogP contribution < -0.4 is 9.62 Å². The molecule has 0 saturated carbocycles. The molecule has 0 fully saturated rings. The number of para-hydroxylation sites is 1. The number of hydrogen-bond donors (Lipinski definition) is 1. The summed E-state index contributed by atoms with van der Waals surface area (Å²) in [5, 5.41) is 0. The molecule has 1 unspecified atom stereocenters. The second kappa shape index (κ2) is 7.82. The van der Waals surface area contributed by atoms with Gasteiger partial charge in [-0.3, -0.25) is 4.79 Å². The van der Waals surface area contributed by atoms with Gasteiger partial charge in [-0.2, -0.15) is 0 Å². The van der Waals surface area contributed by atoms with Crippen molar-refractivity contribution in [3.8, 4) is 0 Å². The van der Waals surface area contributed by atoms with E-state index in [1.807, 2.05) is 45.0 Å². The van der Waals surface area contributed by atoms with Gasteiger partial charge >= 0.3 is 0 Å². The summed E-state index contributed by atoms with van der Waals surface area (Å²) in [5.74, 6) is 0.321. The van der Waals surface area contributed by atoms with E-state index in [9.17, 15) is 13.2 Å². The predicted molar refractivity (Wildman–Crippen MR) is 108 cm³/mol. The fourth-order valence-corrected chi connectivity index (χ4v) is 4.40. The Kier molecular flexibility index (Phi) is 5.67. The number of rotatable bonds is 6. The number of carbonyl (C=O) groups is 1. The molecule has 2 aromatic carbocycles. The zero-order chi connectivity index (χ0) is 19.6. The van der Waals surface area contributed by atoms with Gasteiger partial charge in [0.2, 0.25) is 10.0 Å². The van der Waals surface area contributed by atoms with Gasteiger partial charge in [-0.05, 0) is 61.6 Å². The van der Waals surface area contributed by atoms with E-state index in [4.69, 9.17) is 0 Å². The lowest BCUT2D eigenvalue weighted by atomic mass is 10.1.